The monoisotopic (exact) mass is 305 g/mol. The van der Waals surface area contributed by atoms with Crippen LogP contribution in [0.25, 0.3) is 5.52 Å². The number of nitrogen functional groups attached to an aromatic ring is 1. The maximum atomic E-state index is 10.6. The van der Waals surface area contributed by atoms with E-state index in [0.29, 0.717) is 17.0 Å². The van der Waals surface area contributed by atoms with E-state index in [9.17, 15) is 15.3 Å². The van der Waals surface area contributed by atoms with Crippen molar-refractivity contribution >= 4 is 24.1 Å². The summed E-state index contributed by atoms with van der Waals surface area (Å²) in [5.41, 5.74) is 6.30. The molecule has 3 rings (SSSR count). The van der Waals surface area contributed by atoms with Gasteiger partial charge in [0.2, 0.25) is 0 Å². The van der Waals surface area contributed by atoms with E-state index in [-0.39, 0.29) is 6.61 Å². The summed E-state index contributed by atoms with van der Waals surface area (Å²) >= 11 is 0. The molecule has 0 saturated carbocycles. The summed E-state index contributed by atoms with van der Waals surface area (Å²) in [6.45, 7) is 2.93. The lowest BCUT2D eigenvalue weighted by Crippen LogP contribution is -2.43. The van der Waals surface area contributed by atoms with Crippen molar-refractivity contribution in [2.24, 2.45) is 0 Å². The van der Waals surface area contributed by atoms with E-state index in [4.69, 9.17) is 10.5 Å². The van der Waals surface area contributed by atoms with Gasteiger partial charge in [0.15, 0.2) is 13.1 Å². The molecule has 4 atom stereocenters. The van der Waals surface area contributed by atoms with E-state index in [2.05, 4.69) is 10.1 Å². The van der Waals surface area contributed by atoms with Crippen LogP contribution in [-0.4, -0.2) is 61.6 Å². The number of aliphatic hydroxyl groups excluding tert-OH is 2. The molecule has 9 heteroatoms. The lowest BCUT2D eigenvalue weighted by atomic mass is 9.73. The third kappa shape index (κ3) is 2.01. The molecule has 0 bridgehead atoms. The highest BCUT2D eigenvalue weighted by Crippen LogP contribution is 2.41. The predicted octanol–water partition coefficient (Wildman–Crippen LogP) is -1.77. The van der Waals surface area contributed by atoms with Crippen molar-refractivity contribution in [2.45, 2.75) is 37.7 Å². The van der Waals surface area contributed by atoms with Crippen molar-refractivity contribution in [3.05, 3.63) is 18.1 Å². The molecule has 2 aromatic heterocycles. The molecule has 0 unspecified atom stereocenters. The van der Waals surface area contributed by atoms with Crippen LogP contribution in [0.15, 0.2) is 12.4 Å². The highest BCUT2D eigenvalue weighted by molar-refractivity contribution is 6.55. The van der Waals surface area contributed by atoms with Crippen molar-refractivity contribution in [1.29, 1.82) is 0 Å². The van der Waals surface area contributed by atoms with Crippen molar-refractivity contribution in [3.8, 4) is 0 Å². The zero-order valence-corrected chi connectivity index (χ0v) is 12.3. The van der Waals surface area contributed by atoms with Crippen LogP contribution >= 0.6 is 0 Å². The second-order valence-electron chi connectivity index (χ2n) is 5.63. The molecule has 0 aliphatic carbocycles. The summed E-state index contributed by atoms with van der Waals surface area (Å²) in [5.74, 6) is 0.311. The van der Waals surface area contributed by atoms with Gasteiger partial charge >= 0.3 is 0 Å². The zero-order valence-electron chi connectivity index (χ0n) is 12.3. The van der Waals surface area contributed by atoms with Gasteiger partial charge < -0.3 is 25.8 Å². The van der Waals surface area contributed by atoms with Crippen LogP contribution in [0, 0.1) is 0 Å². The summed E-state index contributed by atoms with van der Waals surface area (Å²) in [5, 5.41) is 34.2. The first-order valence-corrected chi connectivity index (χ1v) is 7.00. The Hall–Kier alpha value is -1.68. The number of nitrogens with zero attached hydrogens (tertiary/aromatic N) is 3. The number of hydrogen-bond acceptors (Lipinski definition) is 7. The van der Waals surface area contributed by atoms with E-state index < -0.39 is 23.9 Å². The topological polar surface area (TPSA) is 126 Å². The first-order valence-electron chi connectivity index (χ1n) is 7.00. The molecule has 2 aromatic rings. The van der Waals surface area contributed by atoms with Crippen molar-refractivity contribution in [1.82, 2.24) is 14.6 Å². The fourth-order valence-corrected chi connectivity index (χ4v) is 2.96. The van der Waals surface area contributed by atoms with Gasteiger partial charge in [-0.3, -0.25) is 0 Å². The van der Waals surface area contributed by atoms with Gasteiger partial charge in [-0.2, -0.15) is 5.10 Å². The van der Waals surface area contributed by atoms with Gasteiger partial charge in [0.05, 0.1) is 12.3 Å². The lowest BCUT2D eigenvalue weighted by molar-refractivity contribution is -0.0664. The summed E-state index contributed by atoms with van der Waals surface area (Å²) < 4.78 is 7.19. The number of ether oxygens (including phenoxy) is 1. The Bertz CT molecular complexity index is 705. The van der Waals surface area contributed by atoms with E-state index in [0.717, 1.165) is 5.46 Å². The predicted molar refractivity (Wildman–Crippen MR) is 80.0 cm³/mol. The van der Waals surface area contributed by atoms with Gasteiger partial charge in [-0.15, -0.1) is 0 Å². The first kappa shape index (κ1) is 15.2. The SMILES string of the molecule is C[B]c1cc([C@@H]2O[C@H](CO)[C@@H](O)[C@@]2(C)O)n2ncnc(N)c12. The number of rotatable bonds is 3. The molecule has 0 spiro atoms. The molecule has 1 aliphatic rings. The normalized spacial score (nSPS) is 31.8. The highest BCUT2D eigenvalue weighted by Gasteiger charge is 2.53. The van der Waals surface area contributed by atoms with Gasteiger partial charge in [0.1, 0.15) is 35.8 Å². The second-order valence-corrected chi connectivity index (χ2v) is 5.63. The van der Waals surface area contributed by atoms with Crippen LogP contribution < -0.4 is 11.2 Å². The third-order valence-corrected chi connectivity index (χ3v) is 4.19. The molecule has 0 aromatic carbocycles. The van der Waals surface area contributed by atoms with E-state index >= 15 is 0 Å². The summed E-state index contributed by atoms with van der Waals surface area (Å²) in [6, 6.07) is 1.78. The minimum atomic E-state index is -1.56. The smallest absolute Gasteiger partial charge is 0.151 e. The standard InChI is InChI=1S/C13H18BN4O4/c1-13(21)10(20)8(4-19)22-11(13)7-3-6(14-2)9-12(15)16-5-17-18(7)9/h3,5,8,10-11,19-21H,4H2,1-2H3,(H2,15,16,17)/t8-,10-,11+,13-/m1/s1. The second kappa shape index (κ2) is 5.20. The van der Waals surface area contributed by atoms with Gasteiger partial charge in [-0.05, 0) is 13.0 Å². The molecule has 5 N–H and O–H groups in total. The summed E-state index contributed by atoms with van der Waals surface area (Å²) in [7, 11) is 1.85. The van der Waals surface area contributed by atoms with E-state index in [1.165, 1.54) is 13.3 Å². The Morgan fingerprint density at radius 2 is 2.27 bits per heavy atom. The maximum absolute atomic E-state index is 10.6. The van der Waals surface area contributed by atoms with Gasteiger partial charge in [-0.1, -0.05) is 12.3 Å². The fraction of sp³-hybridized carbons (Fsp3) is 0.538. The number of aromatic nitrogens is 3. The van der Waals surface area contributed by atoms with Crippen LogP contribution in [0.5, 0.6) is 0 Å². The maximum Gasteiger partial charge on any atom is 0.151 e. The number of hydrogen-bond donors (Lipinski definition) is 4. The Morgan fingerprint density at radius 3 is 2.86 bits per heavy atom. The Kier molecular flexibility index (Phi) is 3.60. The van der Waals surface area contributed by atoms with Crippen molar-refractivity contribution < 1.29 is 20.1 Å². The van der Waals surface area contributed by atoms with Crippen molar-refractivity contribution in [2.75, 3.05) is 12.3 Å². The minimum Gasteiger partial charge on any atom is -0.394 e. The minimum absolute atomic E-state index is 0.311. The Balaban J connectivity index is 2.17. The third-order valence-electron chi connectivity index (χ3n) is 4.19. The van der Waals surface area contributed by atoms with E-state index in [1.807, 2.05) is 14.1 Å². The highest BCUT2D eigenvalue weighted by atomic mass is 16.6. The first-order chi connectivity index (χ1) is 10.4. The molecular formula is C13H18BN4O4. The molecular weight excluding hydrogens is 287 g/mol. The molecule has 1 aliphatic heterocycles. The molecule has 0 amide bonds. The molecule has 3 heterocycles. The number of anilines is 1. The average Bonchev–Trinajstić information content (AvgIpc) is 2.97. The van der Waals surface area contributed by atoms with Crippen molar-refractivity contribution in [3.63, 3.8) is 0 Å². The molecule has 8 nitrogen and oxygen atoms in total. The van der Waals surface area contributed by atoms with Crippen LogP contribution in [0.1, 0.15) is 18.7 Å². The van der Waals surface area contributed by atoms with Gasteiger partial charge in [0.25, 0.3) is 0 Å². The molecule has 1 saturated heterocycles. The summed E-state index contributed by atoms with van der Waals surface area (Å²) in [6.07, 6.45) is -1.61. The number of fused-ring (bicyclic) bond motifs is 1. The molecule has 1 fully saturated rings. The summed E-state index contributed by atoms with van der Waals surface area (Å²) in [4.78, 5) is 3.97. The average molecular weight is 305 g/mol. The Labute approximate surface area is 127 Å². The molecule has 1 radical (unpaired) electrons. The van der Waals surface area contributed by atoms with E-state index in [1.54, 1.807) is 10.6 Å². The quantitative estimate of drug-likeness (QED) is 0.494. The lowest BCUT2D eigenvalue weighted by Gasteiger charge is -2.26. The van der Waals surface area contributed by atoms with Gasteiger partial charge in [0, 0.05) is 0 Å². The van der Waals surface area contributed by atoms with Crippen LogP contribution in [0.4, 0.5) is 5.82 Å². The zero-order chi connectivity index (χ0) is 16.1. The van der Waals surface area contributed by atoms with Gasteiger partial charge in [-0.25, -0.2) is 9.50 Å². The Morgan fingerprint density at radius 1 is 1.55 bits per heavy atom. The van der Waals surface area contributed by atoms with Crippen LogP contribution in [-0.2, 0) is 4.74 Å². The molecule has 117 valence electrons. The fourth-order valence-electron chi connectivity index (χ4n) is 2.96. The largest absolute Gasteiger partial charge is 0.394 e. The number of aliphatic hydroxyl groups is 3. The van der Waals surface area contributed by atoms with Crippen LogP contribution in [0.3, 0.4) is 0 Å². The molecule has 22 heavy (non-hydrogen) atoms. The number of nitrogens with two attached hydrogens (primary N) is 1. The van der Waals surface area contributed by atoms with Crippen LogP contribution in [0.2, 0.25) is 6.82 Å².